The first-order valence-corrected chi connectivity index (χ1v) is 7.67. The molecule has 0 bridgehead atoms. The summed E-state index contributed by atoms with van der Waals surface area (Å²) in [4.78, 5) is 14.5. The van der Waals surface area contributed by atoms with Crippen molar-refractivity contribution in [1.82, 2.24) is 10.2 Å². The van der Waals surface area contributed by atoms with Gasteiger partial charge in [0.25, 0.3) is 0 Å². The quantitative estimate of drug-likeness (QED) is 0.924. The molecule has 1 saturated heterocycles. The molecule has 124 valence electrons. The molecule has 2 rings (SSSR count). The van der Waals surface area contributed by atoms with Crippen LogP contribution in [0.15, 0.2) is 24.3 Å². The number of halogens is 1. The average Bonchev–Trinajstić information content (AvgIpc) is 2.53. The van der Waals surface area contributed by atoms with Gasteiger partial charge in [-0.2, -0.15) is 0 Å². The van der Waals surface area contributed by atoms with Crippen LogP contribution < -0.4 is 10.1 Å². The van der Waals surface area contributed by atoms with Gasteiger partial charge in [0.1, 0.15) is 5.75 Å². The molecule has 1 aliphatic rings. The number of hydrogen-bond donors (Lipinski definition) is 1. The Hall–Kier alpha value is -1.26. The number of hydrogen-bond acceptors (Lipinski definition) is 3. The summed E-state index contributed by atoms with van der Waals surface area (Å²) in [5.74, 6) is 1.24. The zero-order chi connectivity index (χ0) is 15.4. The Labute approximate surface area is 139 Å². The fourth-order valence-corrected chi connectivity index (χ4v) is 2.94. The van der Waals surface area contributed by atoms with E-state index < -0.39 is 0 Å². The van der Waals surface area contributed by atoms with Crippen LogP contribution in [0.5, 0.6) is 5.75 Å². The third-order valence-electron chi connectivity index (χ3n) is 4.50. The summed E-state index contributed by atoms with van der Waals surface area (Å²) in [5.41, 5.74) is 1.13. The number of carbonyl (C=O) groups excluding carboxylic acids is 1. The minimum atomic E-state index is 0. The Morgan fingerprint density at radius 2 is 2.00 bits per heavy atom. The van der Waals surface area contributed by atoms with E-state index in [1.165, 1.54) is 0 Å². The lowest BCUT2D eigenvalue weighted by molar-refractivity contribution is -0.137. The number of carbonyl (C=O) groups is 1. The maximum Gasteiger partial charge on any atom is 0.226 e. The largest absolute Gasteiger partial charge is 0.497 e. The van der Waals surface area contributed by atoms with Gasteiger partial charge in [0.2, 0.25) is 5.91 Å². The van der Waals surface area contributed by atoms with Gasteiger partial charge in [-0.1, -0.05) is 12.1 Å². The maximum absolute atomic E-state index is 12.7. The summed E-state index contributed by atoms with van der Waals surface area (Å²) in [6.45, 7) is 5.15. The molecule has 1 fully saturated rings. The monoisotopic (exact) mass is 326 g/mol. The Kier molecular flexibility index (Phi) is 7.17. The summed E-state index contributed by atoms with van der Waals surface area (Å²) in [7, 11) is 3.57. The van der Waals surface area contributed by atoms with Gasteiger partial charge < -0.3 is 15.0 Å². The zero-order valence-corrected chi connectivity index (χ0v) is 14.7. The number of rotatable bonds is 4. The Balaban J connectivity index is 0.00000242. The maximum atomic E-state index is 12.7. The molecule has 1 amide bonds. The van der Waals surface area contributed by atoms with Crippen LogP contribution in [-0.2, 0) is 4.79 Å². The molecule has 1 unspecified atom stereocenters. The lowest BCUT2D eigenvalue weighted by atomic mass is 9.91. The predicted octanol–water partition coefficient (Wildman–Crippen LogP) is 3.02. The van der Waals surface area contributed by atoms with Crippen molar-refractivity contribution in [3.63, 3.8) is 0 Å². The molecule has 22 heavy (non-hydrogen) atoms. The van der Waals surface area contributed by atoms with Crippen LogP contribution in [0.4, 0.5) is 0 Å². The molecule has 3 atom stereocenters. The SMILES string of the molecule is COc1ccc(C(C)N(C)C(=O)[C@H]2CCN[C@@H](C)C2)cc1.Cl. The van der Waals surface area contributed by atoms with Crippen LogP contribution in [0.2, 0.25) is 0 Å². The van der Waals surface area contributed by atoms with E-state index in [-0.39, 0.29) is 30.3 Å². The Morgan fingerprint density at radius 3 is 2.55 bits per heavy atom. The summed E-state index contributed by atoms with van der Waals surface area (Å²) < 4.78 is 5.18. The van der Waals surface area contributed by atoms with E-state index in [2.05, 4.69) is 19.2 Å². The fraction of sp³-hybridized carbons (Fsp3) is 0.588. The van der Waals surface area contributed by atoms with Crippen molar-refractivity contribution in [2.45, 2.75) is 38.8 Å². The second-order valence-electron chi connectivity index (χ2n) is 5.97. The molecule has 1 heterocycles. The molecular formula is C17H27ClN2O2. The number of piperidine rings is 1. The van der Waals surface area contributed by atoms with Crippen LogP contribution >= 0.6 is 12.4 Å². The molecule has 1 aliphatic heterocycles. The van der Waals surface area contributed by atoms with E-state index in [1.807, 2.05) is 36.2 Å². The first-order chi connectivity index (χ1) is 10.0. The molecule has 0 aromatic heterocycles. The highest BCUT2D eigenvalue weighted by Gasteiger charge is 2.29. The lowest BCUT2D eigenvalue weighted by Crippen LogP contribution is -2.43. The summed E-state index contributed by atoms with van der Waals surface area (Å²) in [6.07, 6.45) is 1.86. The molecule has 1 aromatic rings. The minimum absolute atomic E-state index is 0. The molecule has 0 spiro atoms. The second kappa shape index (κ2) is 8.39. The average molecular weight is 327 g/mol. The number of ether oxygens (including phenoxy) is 1. The highest BCUT2D eigenvalue weighted by atomic mass is 35.5. The second-order valence-corrected chi connectivity index (χ2v) is 5.97. The number of benzene rings is 1. The van der Waals surface area contributed by atoms with Crippen LogP contribution in [0, 0.1) is 5.92 Å². The Bertz CT molecular complexity index is 478. The van der Waals surface area contributed by atoms with Crippen molar-refractivity contribution in [2.24, 2.45) is 5.92 Å². The highest BCUT2D eigenvalue weighted by molar-refractivity contribution is 5.85. The number of nitrogens with zero attached hydrogens (tertiary/aromatic N) is 1. The first-order valence-electron chi connectivity index (χ1n) is 7.67. The van der Waals surface area contributed by atoms with E-state index in [9.17, 15) is 4.79 Å². The summed E-state index contributed by atoms with van der Waals surface area (Å²) in [6, 6.07) is 8.44. The molecule has 0 saturated carbocycles. The molecule has 5 heteroatoms. The third-order valence-corrected chi connectivity index (χ3v) is 4.50. The van der Waals surface area contributed by atoms with E-state index in [0.717, 1.165) is 30.7 Å². The van der Waals surface area contributed by atoms with Crippen molar-refractivity contribution in [2.75, 3.05) is 20.7 Å². The number of methoxy groups -OCH3 is 1. The van der Waals surface area contributed by atoms with Crippen LogP contribution in [0.3, 0.4) is 0 Å². The number of nitrogens with one attached hydrogen (secondary N) is 1. The van der Waals surface area contributed by atoms with Gasteiger partial charge in [-0.15, -0.1) is 12.4 Å². The molecule has 0 radical (unpaired) electrons. The topological polar surface area (TPSA) is 41.6 Å². The van der Waals surface area contributed by atoms with Crippen LogP contribution in [0.25, 0.3) is 0 Å². The van der Waals surface area contributed by atoms with Gasteiger partial charge in [0.15, 0.2) is 0 Å². The molecule has 1 N–H and O–H groups in total. The van der Waals surface area contributed by atoms with Crippen molar-refractivity contribution in [3.8, 4) is 5.75 Å². The first kappa shape index (κ1) is 18.8. The standard InChI is InChI=1S/C17H26N2O2.ClH/c1-12-11-15(9-10-18-12)17(20)19(3)13(2)14-5-7-16(21-4)8-6-14;/h5-8,12-13,15,18H,9-11H2,1-4H3;1H/t12-,13?,15-;/m0./s1. The van der Waals surface area contributed by atoms with Crippen LogP contribution in [0.1, 0.15) is 38.3 Å². The zero-order valence-electron chi connectivity index (χ0n) is 13.8. The molecular weight excluding hydrogens is 300 g/mol. The van der Waals surface area contributed by atoms with E-state index >= 15 is 0 Å². The van der Waals surface area contributed by atoms with Gasteiger partial charge in [-0.05, 0) is 50.9 Å². The highest BCUT2D eigenvalue weighted by Crippen LogP contribution is 2.26. The van der Waals surface area contributed by atoms with E-state index in [1.54, 1.807) is 7.11 Å². The smallest absolute Gasteiger partial charge is 0.226 e. The normalized spacial score (nSPS) is 22.4. The van der Waals surface area contributed by atoms with Crippen molar-refractivity contribution in [3.05, 3.63) is 29.8 Å². The van der Waals surface area contributed by atoms with Crippen molar-refractivity contribution < 1.29 is 9.53 Å². The lowest BCUT2D eigenvalue weighted by Gasteiger charge is -2.33. The summed E-state index contributed by atoms with van der Waals surface area (Å²) in [5, 5.41) is 3.39. The van der Waals surface area contributed by atoms with Gasteiger partial charge in [-0.3, -0.25) is 4.79 Å². The van der Waals surface area contributed by atoms with Gasteiger partial charge in [-0.25, -0.2) is 0 Å². The van der Waals surface area contributed by atoms with E-state index in [0.29, 0.717) is 6.04 Å². The van der Waals surface area contributed by atoms with Crippen molar-refractivity contribution in [1.29, 1.82) is 0 Å². The van der Waals surface area contributed by atoms with Gasteiger partial charge >= 0.3 is 0 Å². The fourth-order valence-electron chi connectivity index (χ4n) is 2.94. The summed E-state index contributed by atoms with van der Waals surface area (Å²) >= 11 is 0. The molecule has 4 nitrogen and oxygen atoms in total. The Morgan fingerprint density at radius 1 is 1.36 bits per heavy atom. The number of amides is 1. The van der Waals surface area contributed by atoms with Gasteiger partial charge in [0.05, 0.1) is 13.2 Å². The van der Waals surface area contributed by atoms with E-state index in [4.69, 9.17) is 4.74 Å². The minimum Gasteiger partial charge on any atom is -0.497 e. The molecule has 0 aliphatic carbocycles. The molecule has 1 aromatic carbocycles. The third kappa shape index (κ3) is 4.37. The van der Waals surface area contributed by atoms with Crippen molar-refractivity contribution >= 4 is 18.3 Å². The van der Waals surface area contributed by atoms with Gasteiger partial charge in [0, 0.05) is 19.0 Å². The van der Waals surface area contributed by atoms with Crippen LogP contribution in [-0.4, -0.2) is 37.6 Å². The predicted molar refractivity (Wildman–Crippen MR) is 91.6 cm³/mol.